The molecule has 0 N–H and O–H groups in total. The molecule has 0 atom stereocenters. The van der Waals surface area contributed by atoms with Crippen molar-refractivity contribution < 1.29 is 8.42 Å². The highest BCUT2D eigenvalue weighted by atomic mass is 32.2. The Hall–Kier alpha value is -1.70. The quantitative estimate of drug-likeness (QED) is 0.769. The van der Waals surface area contributed by atoms with Gasteiger partial charge in [-0.15, -0.1) is 0 Å². The number of sulfonamides is 1. The lowest BCUT2D eigenvalue weighted by Gasteiger charge is -2.34. The largest absolute Gasteiger partial charge is 0.296 e. The second-order valence-electron chi connectivity index (χ2n) is 8.53. The molecule has 1 fully saturated rings. The Kier molecular flexibility index (Phi) is 5.98. The number of piperazine rings is 1. The molecule has 0 radical (unpaired) electrons. The van der Waals surface area contributed by atoms with Crippen LogP contribution in [0, 0.1) is 6.92 Å². The van der Waals surface area contributed by atoms with Gasteiger partial charge in [-0.05, 0) is 37.0 Å². The molecular weight excluding hydrogens is 372 g/mol. The van der Waals surface area contributed by atoms with E-state index in [1.54, 1.807) is 16.4 Å². The lowest BCUT2D eigenvalue weighted by Crippen LogP contribution is -2.48. The summed E-state index contributed by atoms with van der Waals surface area (Å²) in [5.74, 6) is 0. The second kappa shape index (κ2) is 7.97. The zero-order chi connectivity index (χ0) is 20.5. The van der Waals surface area contributed by atoms with Crippen LogP contribution < -0.4 is 0 Å². The fourth-order valence-corrected chi connectivity index (χ4v) is 5.03. The van der Waals surface area contributed by atoms with Gasteiger partial charge in [0, 0.05) is 50.5 Å². The van der Waals surface area contributed by atoms with E-state index in [-0.39, 0.29) is 5.41 Å². The molecule has 7 heteroatoms. The SMILES string of the molecule is CCn1ncc(CN2CCN(S(=O)(=O)c3ccc(C(C)(C)C)cc3)CC2)c1C. The van der Waals surface area contributed by atoms with Crippen LogP contribution in [0.15, 0.2) is 35.4 Å². The molecule has 0 spiro atoms. The minimum atomic E-state index is -3.44. The summed E-state index contributed by atoms with van der Waals surface area (Å²) in [6, 6.07) is 7.34. The normalized spacial score (nSPS) is 17.2. The van der Waals surface area contributed by atoms with Crippen molar-refractivity contribution in [2.45, 2.75) is 58.0 Å². The summed E-state index contributed by atoms with van der Waals surface area (Å²) < 4.78 is 29.6. The maximum absolute atomic E-state index is 13.0. The average molecular weight is 405 g/mol. The Morgan fingerprint density at radius 3 is 2.14 bits per heavy atom. The summed E-state index contributed by atoms with van der Waals surface area (Å²) in [6.07, 6.45) is 1.93. The van der Waals surface area contributed by atoms with Gasteiger partial charge in [-0.25, -0.2) is 8.42 Å². The van der Waals surface area contributed by atoms with Crippen LogP contribution in [0.5, 0.6) is 0 Å². The van der Waals surface area contributed by atoms with Crippen LogP contribution in [0.4, 0.5) is 0 Å². The first kappa shape index (κ1) is 21.0. The summed E-state index contributed by atoms with van der Waals surface area (Å²) in [4.78, 5) is 2.69. The molecule has 1 aliphatic rings. The van der Waals surface area contributed by atoms with Gasteiger partial charge < -0.3 is 0 Å². The highest BCUT2D eigenvalue weighted by Crippen LogP contribution is 2.25. The minimum Gasteiger partial charge on any atom is -0.296 e. The van der Waals surface area contributed by atoms with Gasteiger partial charge >= 0.3 is 0 Å². The fraction of sp³-hybridized carbons (Fsp3) is 0.571. The molecule has 28 heavy (non-hydrogen) atoms. The molecule has 0 saturated carbocycles. The van der Waals surface area contributed by atoms with E-state index in [1.807, 2.05) is 23.0 Å². The van der Waals surface area contributed by atoms with E-state index < -0.39 is 10.0 Å². The van der Waals surface area contributed by atoms with E-state index in [2.05, 4.69) is 44.6 Å². The zero-order valence-corrected chi connectivity index (χ0v) is 18.5. The molecule has 0 amide bonds. The highest BCUT2D eigenvalue weighted by molar-refractivity contribution is 7.89. The van der Waals surface area contributed by atoms with E-state index in [0.29, 0.717) is 18.0 Å². The molecule has 6 nitrogen and oxygen atoms in total. The Labute approximate surface area is 169 Å². The molecule has 0 unspecified atom stereocenters. The van der Waals surface area contributed by atoms with Crippen molar-refractivity contribution in [3.05, 3.63) is 47.3 Å². The summed E-state index contributed by atoms with van der Waals surface area (Å²) in [6.45, 7) is 14.7. The second-order valence-corrected chi connectivity index (χ2v) is 10.5. The maximum Gasteiger partial charge on any atom is 0.243 e. The van der Waals surface area contributed by atoms with E-state index in [1.165, 1.54) is 11.3 Å². The molecule has 154 valence electrons. The molecule has 2 heterocycles. The Morgan fingerprint density at radius 1 is 1.04 bits per heavy atom. The van der Waals surface area contributed by atoms with Crippen molar-refractivity contribution in [3.8, 4) is 0 Å². The number of nitrogens with zero attached hydrogens (tertiary/aromatic N) is 4. The first-order valence-electron chi connectivity index (χ1n) is 9.97. The van der Waals surface area contributed by atoms with Crippen LogP contribution in [0.1, 0.15) is 44.5 Å². The molecule has 1 saturated heterocycles. The molecule has 0 bridgehead atoms. The summed E-state index contributed by atoms with van der Waals surface area (Å²) in [5.41, 5.74) is 3.56. The van der Waals surface area contributed by atoms with Crippen LogP contribution in [0.3, 0.4) is 0 Å². The van der Waals surface area contributed by atoms with Gasteiger partial charge in [0.2, 0.25) is 10.0 Å². The molecule has 1 aliphatic heterocycles. The molecular formula is C21H32N4O2S. The minimum absolute atomic E-state index is 0.0115. The van der Waals surface area contributed by atoms with Crippen LogP contribution in [-0.2, 0) is 28.5 Å². The number of aromatic nitrogens is 2. The molecule has 1 aromatic heterocycles. The van der Waals surface area contributed by atoms with E-state index in [9.17, 15) is 8.42 Å². The van der Waals surface area contributed by atoms with E-state index in [0.717, 1.165) is 31.7 Å². The summed E-state index contributed by atoms with van der Waals surface area (Å²) in [5, 5.41) is 4.40. The lowest BCUT2D eigenvalue weighted by atomic mass is 9.87. The summed E-state index contributed by atoms with van der Waals surface area (Å²) in [7, 11) is -3.44. The number of rotatable bonds is 5. The van der Waals surface area contributed by atoms with Crippen molar-refractivity contribution in [2.24, 2.45) is 0 Å². The van der Waals surface area contributed by atoms with Crippen molar-refractivity contribution >= 4 is 10.0 Å². The number of hydrogen-bond acceptors (Lipinski definition) is 4. The van der Waals surface area contributed by atoms with Crippen LogP contribution in [0.2, 0.25) is 0 Å². The van der Waals surface area contributed by atoms with Gasteiger partial charge in [0.25, 0.3) is 0 Å². The van der Waals surface area contributed by atoms with Crippen molar-refractivity contribution in [1.29, 1.82) is 0 Å². The molecule has 0 aliphatic carbocycles. The Balaban J connectivity index is 1.64. The third kappa shape index (κ3) is 4.31. The van der Waals surface area contributed by atoms with Crippen molar-refractivity contribution in [3.63, 3.8) is 0 Å². The predicted molar refractivity (Wildman–Crippen MR) is 112 cm³/mol. The van der Waals surface area contributed by atoms with Gasteiger partial charge in [0.15, 0.2) is 0 Å². The zero-order valence-electron chi connectivity index (χ0n) is 17.6. The van der Waals surface area contributed by atoms with Crippen LogP contribution >= 0.6 is 0 Å². The van der Waals surface area contributed by atoms with Crippen molar-refractivity contribution in [2.75, 3.05) is 26.2 Å². The standard InChI is InChI=1S/C21H32N4O2S/c1-6-25-17(2)18(15-22-25)16-23-11-13-24(14-12-23)28(26,27)20-9-7-19(8-10-20)21(3,4)5/h7-10,15H,6,11-14,16H2,1-5H3. The Bertz CT molecular complexity index is 903. The average Bonchev–Trinajstić information content (AvgIpc) is 3.01. The highest BCUT2D eigenvalue weighted by Gasteiger charge is 2.29. The molecule has 3 rings (SSSR count). The van der Waals surface area contributed by atoms with E-state index >= 15 is 0 Å². The third-order valence-electron chi connectivity index (χ3n) is 5.59. The first-order chi connectivity index (χ1) is 13.1. The number of benzene rings is 1. The Morgan fingerprint density at radius 2 is 1.64 bits per heavy atom. The summed E-state index contributed by atoms with van der Waals surface area (Å²) >= 11 is 0. The number of aryl methyl sites for hydroxylation is 1. The smallest absolute Gasteiger partial charge is 0.243 e. The van der Waals surface area contributed by atoms with Gasteiger partial charge in [-0.1, -0.05) is 32.9 Å². The molecule has 2 aromatic rings. The van der Waals surface area contributed by atoms with Crippen LogP contribution in [0.25, 0.3) is 0 Å². The van der Waals surface area contributed by atoms with Gasteiger partial charge in [-0.3, -0.25) is 9.58 Å². The van der Waals surface area contributed by atoms with Gasteiger partial charge in [0.05, 0.1) is 11.1 Å². The van der Waals surface area contributed by atoms with Crippen LogP contribution in [-0.4, -0.2) is 53.6 Å². The maximum atomic E-state index is 13.0. The predicted octanol–water partition coefficient (Wildman–Crippen LogP) is 3.02. The monoisotopic (exact) mass is 404 g/mol. The van der Waals surface area contributed by atoms with E-state index in [4.69, 9.17) is 0 Å². The first-order valence-corrected chi connectivity index (χ1v) is 11.4. The van der Waals surface area contributed by atoms with Gasteiger partial charge in [0.1, 0.15) is 0 Å². The third-order valence-corrected chi connectivity index (χ3v) is 7.50. The topological polar surface area (TPSA) is 58.4 Å². The number of hydrogen-bond donors (Lipinski definition) is 0. The lowest BCUT2D eigenvalue weighted by molar-refractivity contribution is 0.181. The van der Waals surface area contributed by atoms with Gasteiger partial charge in [-0.2, -0.15) is 9.40 Å². The molecule has 1 aromatic carbocycles. The fourth-order valence-electron chi connectivity index (χ4n) is 3.60. The van der Waals surface area contributed by atoms with Crippen molar-refractivity contribution in [1.82, 2.24) is 19.0 Å².